The Balaban J connectivity index is 1.49. The van der Waals surface area contributed by atoms with Crippen molar-refractivity contribution in [2.75, 3.05) is 18.1 Å². The molecule has 0 aliphatic carbocycles. The molecule has 1 fully saturated rings. The molecule has 2 aromatic carbocycles. The quantitative estimate of drug-likeness (QED) is 0.522. The molecular formula is C23H27N5O2. The summed E-state index contributed by atoms with van der Waals surface area (Å²) in [5.41, 5.74) is 4.86. The molecule has 2 atom stereocenters. The highest BCUT2D eigenvalue weighted by atomic mass is 16.5. The van der Waals surface area contributed by atoms with E-state index in [0.717, 1.165) is 52.4 Å². The van der Waals surface area contributed by atoms with Crippen molar-refractivity contribution >= 4 is 27.6 Å². The van der Waals surface area contributed by atoms with E-state index in [0.29, 0.717) is 6.04 Å². The van der Waals surface area contributed by atoms with Gasteiger partial charge in [-0.05, 0) is 58.0 Å². The molecule has 0 radical (unpaired) electrons. The first-order valence-corrected chi connectivity index (χ1v) is 10.5. The molecule has 30 heavy (non-hydrogen) atoms. The lowest BCUT2D eigenvalue weighted by Crippen LogP contribution is -2.47. The number of anilines is 1. The van der Waals surface area contributed by atoms with Crippen LogP contribution in [0.5, 0.6) is 5.75 Å². The van der Waals surface area contributed by atoms with Gasteiger partial charge in [0.1, 0.15) is 11.4 Å². The van der Waals surface area contributed by atoms with Gasteiger partial charge in [0.25, 0.3) is 0 Å². The first kappa shape index (κ1) is 18.9. The summed E-state index contributed by atoms with van der Waals surface area (Å²) in [4.78, 5) is 10.6. The van der Waals surface area contributed by atoms with Crippen molar-refractivity contribution in [2.45, 2.75) is 45.9 Å². The van der Waals surface area contributed by atoms with Gasteiger partial charge in [-0.1, -0.05) is 0 Å². The zero-order valence-electron chi connectivity index (χ0n) is 17.8. The molecule has 7 nitrogen and oxygen atoms in total. The van der Waals surface area contributed by atoms with Crippen molar-refractivity contribution < 1.29 is 9.47 Å². The van der Waals surface area contributed by atoms with E-state index in [1.165, 1.54) is 5.69 Å². The number of ether oxygens (including phenoxy) is 2. The number of imidazole rings is 1. The van der Waals surface area contributed by atoms with Crippen LogP contribution in [-0.4, -0.2) is 51.6 Å². The number of aromatic nitrogens is 4. The molecule has 0 saturated carbocycles. The minimum absolute atomic E-state index is 0.131. The van der Waals surface area contributed by atoms with Crippen molar-refractivity contribution in [1.82, 2.24) is 20.2 Å². The van der Waals surface area contributed by atoms with Crippen molar-refractivity contribution in [3.8, 4) is 17.3 Å². The molecule has 2 unspecified atom stereocenters. The van der Waals surface area contributed by atoms with Crippen LogP contribution in [0.25, 0.3) is 33.5 Å². The Morgan fingerprint density at radius 2 is 2.00 bits per heavy atom. The molecule has 156 valence electrons. The summed E-state index contributed by atoms with van der Waals surface area (Å²) in [7, 11) is 0. The number of morpholine rings is 1. The lowest BCUT2D eigenvalue weighted by molar-refractivity contribution is 0.0344. The van der Waals surface area contributed by atoms with Gasteiger partial charge in [0, 0.05) is 29.7 Å². The molecule has 0 bridgehead atoms. The maximum atomic E-state index is 5.79. The van der Waals surface area contributed by atoms with Crippen LogP contribution in [0.1, 0.15) is 27.7 Å². The number of hydrogen-bond donors (Lipinski definition) is 2. The fraction of sp³-hybridized carbons (Fsp3) is 0.391. The number of H-pyrrole nitrogens is 2. The number of hydrogen-bond acceptors (Lipinski definition) is 5. The Hall–Kier alpha value is -3.06. The fourth-order valence-corrected chi connectivity index (χ4v) is 4.08. The summed E-state index contributed by atoms with van der Waals surface area (Å²) in [6, 6.07) is 12.7. The first-order chi connectivity index (χ1) is 14.5. The van der Waals surface area contributed by atoms with Crippen LogP contribution in [0.2, 0.25) is 0 Å². The standard InChI is InChI=1S/C23H27N5O2/c1-13(2)30-17-6-7-18-20(10-17)26-27-22(18)23-24-19-8-5-16(9-21(19)25-23)28-11-15(4)29-12-14(28)3/h5-10,13-15H,11-12H2,1-4H3,(H,24,25)(H,26,27). The van der Waals surface area contributed by atoms with Crippen molar-refractivity contribution in [3.63, 3.8) is 0 Å². The van der Waals surface area contributed by atoms with Crippen molar-refractivity contribution in [3.05, 3.63) is 36.4 Å². The second-order valence-electron chi connectivity index (χ2n) is 8.38. The third-order valence-corrected chi connectivity index (χ3v) is 5.54. The zero-order valence-corrected chi connectivity index (χ0v) is 17.8. The number of fused-ring (bicyclic) bond motifs is 2. The van der Waals surface area contributed by atoms with Crippen LogP contribution in [-0.2, 0) is 4.74 Å². The van der Waals surface area contributed by atoms with Gasteiger partial charge in [-0.3, -0.25) is 5.10 Å². The van der Waals surface area contributed by atoms with E-state index < -0.39 is 0 Å². The molecule has 5 rings (SSSR count). The summed E-state index contributed by atoms with van der Waals surface area (Å²) >= 11 is 0. The van der Waals surface area contributed by atoms with Crippen LogP contribution in [0.15, 0.2) is 36.4 Å². The summed E-state index contributed by atoms with van der Waals surface area (Å²) in [6.45, 7) is 9.98. The number of aromatic amines is 2. The molecule has 2 N–H and O–H groups in total. The number of rotatable bonds is 4. The Kier molecular flexibility index (Phi) is 4.62. The molecule has 4 aromatic rings. The van der Waals surface area contributed by atoms with Crippen molar-refractivity contribution in [1.29, 1.82) is 0 Å². The Bertz CT molecular complexity index is 1190. The molecule has 1 aliphatic heterocycles. The highest BCUT2D eigenvalue weighted by Gasteiger charge is 2.24. The topological polar surface area (TPSA) is 79.1 Å². The summed E-state index contributed by atoms with van der Waals surface area (Å²) in [5, 5.41) is 8.64. The third kappa shape index (κ3) is 3.39. The lowest BCUT2D eigenvalue weighted by atomic mass is 10.1. The fourth-order valence-electron chi connectivity index (χ4n) is 4.08. The van der Waals surface area contributed by atoms with Gasteiger partial charge < -0.3 is 19.4 Å². The van der Waals surface area contributed by atoms with Crippen LogP contribution in [0.3, 0.4) is 0 Å². The zero-order chi connectivity index (χ0) is 20.8. The highest BCUT2D eigenvalue weighted by Crippen LogP contribution is 2.31. The molecule has 0 amide bonds. The number of benzene rings is 2. The van der Waals surface area contributed by atoms with Gasteiger partial charge >= 0.3 is 0 Å². The molecule has 0 spiro atoms. The number of nitrogens with one attached hydrogen (secondary N) is 2. The maximum absolute atomic E-state index is 5.79. The van der Waals surface area contributed by atoms with Gasteiger partial charge in [0.05, 0.1) is 35.4 Å². The van der Waals surface area contributed by atoms with E-state index >= 15 is 0 Å². The Morgan fingerprint density at radius 1 is 1.13 bits per heavy atom. The van der Waals surface area contributed by atoms with Gasteiger partial charge in [-0.25, -0.2) is 4.98 Å². The maximum Gasteiger partial charge on any atom is 0.159 e. The Labute approximate surface area is 175 Å². The van der Waals surface area contributed by atoms with Gasteiger partial charge in [-0.2, -0.15) is 5.10 Å². The summed E-state index contributed by atoms with van der Waals surface area (Å²) in [6.07, 6.45) is 0.362. The second-order valence-corrected chi connectivity index (χ2v) is 8.38. The van der Waals surface area contributed by atoms with E-state index in [4.69, 9.17) is 14.5 Å². The number of nitrogens with zero attached hydrogens (tertiary/aromatic N) is 3. The summed E-state index contributed by atoms with van der Waals surface area (Å²) < 4.78 is 11.6. The molecule has 1 aliphatic rings. The van der Waals surface area contributed by atoms with E-state index in [1.54, 1.807) is 0 Å². The predicted octanol–water partition coefficient (Wildman–Crippen LogP) is 4.51. The van der Waals surface area contributed by atoms with Gasteiger partial charge in [-0.15, -0.1) is 0 Å². The Morgan fingerprint density at radius 3 is 2.83 bits per heavy atom. The largest absolute Gasteiger partial charge is 0.491 e. The van der Waals surface area contributed by atoms with E-state index in [1.807, 2.05) is 32.0 Å². The van der Waals surface area contributed by atoms with Gasteiger partial charge in [0.2, 0.25) is 0 Å². The normalized spacial score (nSPS) is 19.8. The molecule has 3 heterocycles. The minimum Gasteiger partial charge on any atom is -0.491 e. The lowest BCUT2D eigenvalue weighted by Gasteiger charge is -2.38. The minimum atomic E-state index is 0.131. The average Bonchev–Trinajstić information content (AvgIpc) is 3.32. The van der Waals surface area contributed by atoms with Gasteiger partial charge in [0.15, 0.2) is 5.82 Å². The van der Waals surface area contributed by atoms with Crippen LogP contribution in [0.4, 0.5) is 5.69 Å². The van der Waals surface area contributed by atoms with Crippen LogP contribution in [0, 0.1) is 0 Å². The van der Waals surface area contributed by atoms with Crippen LogP contribution >= 0.6 is 0 Å². The molecule has 2 aromatic heterocycles. The molecule has 1 saturated heterocycles. The van der Waals surface area contributed by atoms with Crippen molar-refractivity contribution in [2.24, 2.45) is 0 Å². The second kappa shape index (κ2) is 7.32. The third-order valence-electron chi connectivity index (χ3n) is 5.54. The molecule has 7 heteroatoms. The van der Waals surface area contributed by atoms with E-state index in [9.17, 15) is 0 Å². The van der Waals surface area contributed by atoms with Crippen LogP contribution < -0.4 is 9.64 Å². The first-order valence-electron chi connectivity index (χ1n) is 10.5. The average molecular weight is 406 g/mol. The smallest absolute Gasteiger partial charge is 0.159 e. The SMILES string of the molecule is CC(C)Oc1ccc2c(-c3nc4ccc(N5CC(C)OCC5C)cc4[nH]3)n[nH]c2c1. The van der Waals surface area contributed by atoms with E-state index in [2.05, 4.69) is 52.1 Å². The monoisotopic (exact) mass is 405 g/mol. The molecular weight excluding hydrogens is 378 g/mol. The van der Waals surface area contributed by atoms with E-state index in [-0.39, 0.29) is 12.2 Å². The summed E-state index contributed by atoms with van der Waals surface area (Å²) in [5.74, 6) is 1.59. The predicted molar refractivity (Wildman–Crippen MR) is 119 cm³/mol. The highest BCUT2D eigenvalue weighted by molar-refractivity contribution is 5.94.